The first-order chi connectivity index (χ1) is 13.9. The quantitative estimate of drug-likeness (QED) is 0.389. The number of nitrogens with zero attached hydrogens (tertiary/aromatic N) is 1. The van der Waals surface area contributed by atoms with Gasteiger partial charge in [0.05, 0.1) is 29.1 Å². The van der Waals surface area contributed by atoms with E-state index in [0.717, 1.165) is 31.8 Å². The first kappa shape index (κ1) is 21.9. The van der Waals surface area contributed by atoms with Gasteiger partial charge in [-0.1, -0.05) is 34.1 Å². The molecule has 3 rings (SSSR count). The van der Waals surface area contributed by atoms with E-state index >= 15 is 0 Å². The van der Waals surface area contributed by atoms with Crippen molar-refractivity contribution in [3.05, 3.63) is 61.4 Å². The van der Waals surface area contributed by atoms with Crippen LogP contribution in [0, 0.1) is 0 Å². The van der Waals surface area contributed by atoms with E-state index in [4.69, 9.17) is 9.47 Å². The van der Waals surface area contributed by atoms with Crippen molar-refractivity contribution in [1.82, 2.24) is 4.90 Å². The zero-order valence-electron chi connectivity index (χ0n) is 15.9. The van der Waals surface area contributed by atoms with Crippen LogP contribution in [0.3, 0.4) is 0 Å². The number of thioether (sulfide) groups is 1. The van der Waals surface area contributed by atoms with Crippen molar-refractivity contribution in [2.75, 3.05) is 13.2 Å². The molecule has 1 saturated heterocycles. The van der Waals surface area contributed by atoms with Crippen molar-refractivity contribution >= 4 is 60.8 Å². The molecule has 0 bridgehead atoms. The Labute approximate surface area is 190 Å². The van der Waals surface area contributed by atoms with Crippen LogP contribution in [0.1, 0.15) is 25.0 Å². The summed E-state index contributed by atoms with van der Waals surface area (Å²) in [4.78, 5) is 26.9. The number of benzene rings is 2. The van der Waals surface area contributed by atoms with Crippen LogP contribution in [0.5, 0.6) is 11.5 Å². The summed E-state index contributed by atoms with van der Waals surface area (Å²) in [7, 11) is 0. The Bertz CT molecular complexity index is 977. The molecule has 0 spiro atoms. The molecule has 2 aromatic rings. The number of carbonyl (C=O) groups is 2. The van der Waals surface area contributed by atoms with E-state index in [1.807, 2.05) is 44.2 Å². The fourth-order valence-electron chi connectivity index (χ4n) is 2.80. The smallest absolute Gasteiger partial charge is 0.293 e. The monoisotopic (exact) mass is 539 g/mol. The fourth-order valence-corrected chi connectivity index (χ4v) is 4.63. The maximum atomic E-state index is 12.8. The van der Waals surface area contributed by atoms with Gasteiger partial charge in [0.2, 0.25) is 0 Å². The molecule has 0 radical (unpaired) electrons. The summed E-state index contributed by atoms with van der Waals surface area (Å²) in [6.07, 6.45) is 1.70. The minimum Gasteiger partial charge on any atom is -0.490 e. The second-order valence-electron chi connectivity index (χ2n) is 6.06. The summed E-state index contributed by atoms with van der Waals surface area (Å²) in [5, 5.41) is -0.285. The predicted octanol–water partition coefficient (Wildman–Crippen LogP) is 6.25. The van der Waals surface area contributed by atoms with Crippen LogP contribution in [-0.2, 0) is 11.3 Å². The summed E-state index contributed by atoms with van der Waals surface area (Å²) in [5.41, 5.74) is 1.62. The molecular weight excluding hydrogens is 522 g/mol. The average molecular weight is 541 g/mol. The van der Waals surface area contributed by atoms with E-state index in [1.54, 1.807) is 12.1 Å². The highest BCUT2D eigenvalue weighted by atomic mass is 79.9. The SMILES string of the molecule is CCOc1cc(/C=C2\SC(=O)N(Cc3ccccc3Br)C2=O)cc(Br)c1OCC. The van der Waals surface area contributed by atoms with Gasteiger partial charge in [0, 0.05) is 4.47 Å². The Balaban J connectivity index is 1.88. The normalized spacial score (nSPS) is 15.3. The average Bonchev–Trinajstić information content (AvgIpc) is 2.94. The van der Waals surface area contributed by atoms with Gasteiger partial charge in [-0.3, -0.25) is 14.5 Å². The van der Waals surface area contributed by atoms with E-state index in [1.165, 1.54) is 4.90 Å². The molecule has 29 heavy (non-hydrogen) atoms. The molecule has 0 atom stereocenters. The molecule has 152 valence electrons. The Morgan fingerprint density at radius 2 is 1.76 bits per heavy atom. The van der Waals surface area contributed by atoms with Gasteiger partial charge in [0.15, 0.2) is 11.5 Å². The van der Waals surface area contributed by atoms with Gasteiger partial charge < -0.3 is 9.47 Å². The Kier molecular flexibility index (Phi) is 7.43. The largest absolute Gasteiger partial charge is 0.490 e. The van der Waals surface area contributed by atoms with Crippen LogP contribution in [0.4, 0.5) is 4.79 Å². The molecule has 0 aromatic heterocycles. The molecule has 0 aliphatic carbocycles. The number of rotatable bonds is 7. The molecule has 0 unspecified atom stereocenters. The van der Waals surface area contributed by atoms with Gasteiger partial charge in [-0.25, -0.2) is 0 Å². The highest BCUT2D eigenvalue weighted by molar-refractivity contribution is 9.10. The Hall–Kier alpha value is -1.77. The van der Waals surface area contributed by atoms with Crippen molar-refractivity contribution in [2.45, 2.75) is 20.4 Å². The minimum absolute atomic E-state index is 0.223. The van der Waals surface area contributed by atoms with Gasteiger partial charge in [0.25, 0.3) is 11.1 Å². The lowest BCUT2D eigenvalue weighted by Crippen LogP contribution is -2.27. The number of ether oxygens (including phenoxy) is 2. The molecule has 1 aliphatic rings. The van der Waals surface area contributed by atoms with Crippen molar-refractivity contribution < 1.29 is 19.1 Å². The Morgan fingerprint density at radius 3 is 2.45 bits per heavy atom. The van der Waals surface area contributed by atoms with Crippen LogP contribution >= 0.6 is 43.6 Å². The van der Waals surface area contributed by atoms with Crippen molar-refractivity contribution in [1.29, 1.82) is 0 Å². The van der Waals surface area contributed by atoms with Crippen LogP contribution in [-0.4, -0.2) is 29.3 Å². The van der Waals surface area contributed by atoms with Gasteiger partial charge >= 0.3 is 0 Å². The summed E-state index contributed by atoms with van der Waals surface area (Å²) in [5.74, 6) is 0.898. The van der Waals surface area contributed by atoms with Crippen molar-refractivity contribution in [2.24, 2.45) is 0 Å². The van der Waals surface area contributed by atoms with Crippen LogP contribution in [0.2, 0.25) is 0 Å². The lowest BCUT2D eigenvalue weighted by molar-refractivity contribution is -0.123. The van der Waals surface area contributed by atoms with Crippen LogP contribution in [0.15, 0.2) is 50.2 Å². The van der Waals surface area contributed by atoms with E-state index < -0.39 is 0 Å². The highest BCUT2D eigenvalue weighted by Crippen LogP contribution is 2.39. The van der Waals surface area contributed by atoms with E-state index in [0.29, 0.717) is 29.6 Å². The van der Waals surface area contributed by atoms with Gasteiger partial charge in [-0.15, -0.1) is 0 Å². The molecule has 2 aromatic carbocycles. The number of imide groups is 1. The first-order valence-corrected chi connectivity index (χ1v) is 11.4. The van der Waals surface area contributed by atoms with E-state index in [2.05, 4.69) is 31.9 Å². The summed E-state index contributed by atoms with van der Waals surface area (Å²) < 4.78 is 12.9. The molecule has 8 heteroatoms. The molecule has 1 fully saturated rings. The molecule has 0 N–H and O–H groups in total. The van der Waals surface area contributed by atoms with Gasteiger partial charge in [-0.05, 0) is 76.9 Å². The van der Waals surface area contributed by atoms with Gasteiger partial charge in [0.1, 0.15) is 0 Å². The highest BCUT2D eigenvalue weighted by Gasteiger charge is 2.35. The molecule has 0 saturated carbocycles. The molecule has 1 aliphatic heterocycles. The maximum absolute atomic E-state index is 12.8. The third-order valence-electron chi connectivity index (χ3n) is 4.08. The van der Waals surface area contributed by atoms with E-state index in [-0.39, 0.29) is 17.7 Å². The minimum atomic E-state index is -0.307. The van der Waals surface area contributed by atoms with Gasteiger partial charge in [-0.2, -0.15) is 0 Å². The second kappa shape index (κ2) is 9.82. The third-order valence-corrected chi connectivity index (χ3v) is 6.35. The summed E-state index contributed by atoms with van der Waals surface area (Å²) in [6, 6.07) is 11.2. The topological polar surface area (TPSA) is 55.8 Å². The molecular formula is C21H19Br2NO4S. The van der Waals surface area contributed by atoms with Crippen LogP contribution in [0.25, 0.3) is 6.08 Å². The standard InChI is InChI=1S/C21H19Br2NO4S/c1-3-27-17-10-13(9-16(23)19(17)28-4-2)11-18-20(25)24(21(26)29-18)12-14-7-5-6-8-15(14)22/h5-11H,3-4,12H2,1-2H3/b18-11-. The van der Waals surface area contributed by atoms with Crippen molar-refractivity contribution in [3.63, 3.8) is 0 Å². The Morgan fingerprint density at radius 1 is 1.03 bits per heavy atom. The number of hydrogen-bond acceptors (Lipinski definition) is 5. The number of hydrogen-bond donors (Lipinski definition) is 0. The number of halogens is 2. The summed E-state index contributed by atoms with van der Waals surface area (Å²) >= 11 is 7.90. The molecule has 2 amide bonds. The number of carbonyl (C=O) groups excluding carboxylic acids is 2. The molecule has 5 nitrogen and oxygen atoms in total. The molecule has 1 heterocycles. The fraction of sp³-hybridized carbons (Fsp3) is 0.238. The lowest BCUT2D eigenvalue weighted by Gasteiger charge is -2.14. The lowest BCUT2D eigenvalue weighted by atomic mass is 10.1. The first-order valence-electron chi connectivity index (χ1n) is 9.02. The van der Waals surface area contributed by atoms with Crippen molar-refractivity contribution in [3.8, 4) is 11.5 Å². The second-order valence-corrected chi connectivity index (χ2v) is 8.76. The number of amides is 2. The zero-order valence-corrected chi connectivity index (χ0v) is 19.9. The van der Waals surface area contributed by atoms with Crippen LogP contribution < -0.4 is 9.47 Å². The third kappa shape index (κ3) is 5.05. The summed E-state index contributed by atoms with van der Waals surface area (Å²) in [6.45, 7) is 5.01. The van der Waals surface area contributed by atoms with E-state index in [9.17, 15) is 9.59 Å². The predicted molar refractivity (Wildman–Crippen MR) is 122 cm³/mol. The zero-order chi connectivity index (χ0) is 21.0. The maximum Gasteiger partial charge on any atom is 0.293 e.